The number of likely N-dealkylation sites (N-methyl/N-ethyl adjacent to an activating group) is 1. The SMILES string of the molecule is CCN(C(=O)[C@H](C)N1CCN(CC(=O)Nc2ccc(C)cc2)CC1)C1CCCCC1. The molecule has 1 aliphatic heterocycles. The maximum absolute atomic E-state index is 13.2. The predicted octanol–water partition coefficient (Wildman–Crippen LogP) is 3.12. The lowest BCUT2D eigenvalue weighted by Gasteiger charge is -2.41. The molecule has 0 bridgehead atoms. The third-order valence-corrected chi connectivity index (χ3v) is 6.65. The van der Waals surface area contributed by atoms with Crippen molar-refractivity contribution in [3.63, 3.8) is 0 Å². The van der Waals surface area contributed by atoms with Gasteiger partial charge in [-0.2, -0.15) is 0 Å². The number of amides is 2. The molecule has 1 aromatic rings. The molecule has 3 rings (SSSR count). The highest BCUT2D eigenvalue weighted by molar-refractivity contribution is 5.92. The summed E-state index contributed by atoms with van der Waals surface area (Å²) >= 11 is 0. The van der Waals surface area contributed by atoms with Crippen molar-refractivity contribution < 1.29 is 9.59 Å². The molecule has 1 saturated carbocycles. The Morgan fingerprint density at radius 3 is 2.30 bits per heavy atom. The summed E-state index contributed by atoms with van der Waals surface area (Å²) in [5.74, 6) is 0.292. The second-order valence-corrected chi connectivity index (χ2v) is 8.82. The predicted molar refractivity (Wildman–Crippen MR) is 122 cm³/mol. The first-order chi connectivity index (χ1) is 14.5. The van der Waals surface area contributed by atoms with Gasteiger partial charge in [0.2, 0.25) is 11.8 Å². The van der Waals surface area contributed by atoms with Crippen molar-refractivity contribution in [2.24, 2.45) is 0 Å². The zero-order valence-electron chi connectivity index (χ0n) is 18.9. The molecule has 0 aromatic heterocycles. The normalized spacial score (nSPS) is 20.0. The number of anilines is 1. The summed E-state index contributed by atoms with van der Waals surface area (Å²) in [6.07, 6.45) is 6.09. The zero-order valence-corrected chi connectivity index (χ0v) is 18.9. The van der Waals surface area contributed by atoms with Crippen LogP contribution in [-0.2, 0) is 9.59 Å². The molecule has 2 aliphatic rings. The largest absolute Gasteiger partial charge is 0.339 e. The van der Waals surface area contributed by atoms with Gasteiger partial charge in [-0.3, -0.25) is 19.4 Å². The molecule has 166 valence electrons. The van der Waals surface area contributed by atoms with Gasteiger partial charge in [-0.25, -0.2) is 0 Å². The first-order valence-corrected chi connectivity index (χ1v) is 11.6. The van der Waals surface area contributed by atoms with Crippen molar-refractivity contribution in [2.45, 2.75) is 65.0 Å². The van der Waals surface area contributed by atoms with Gasteiger partial charge in [-0.1, -0.05) is 37.0 Å². The van der Waals surface area contributed by atoms with Gasteiger partial charge in [0.25, 0.3) is 0 Å². The third kappa shape index (κ3) is 6.05. The van der Waals surface area contributed by atoms with Crippen LogP contribution in [0.1, 0.15) is 51.5 Å². The van der Waals surface area contributed by atoms with Crippen LogP contribution in [0, 0.1) is 6.92 Å². The van der Waals surface area contributed by atoms with Crippen LogP contribution in [0.15, 0.2) is 24.3 Å². The van der Waals surface area contributed by atoms with Gasteiger partial charge in [0.15, 0.2) is 0 Å². The smallest absolute Gasteiger partial charge is 0.239 e. The van der Waals surface area contributed by atoms with Crippen molar-refractivity contribution >= 4 is 17.5 Å². The molecule has 1 aromatic carbocycles. The Bertz CT molecular complexity index is 692. The first-order valence-electron chi connectivity index (χ1n) is 11.6. The van der Waals surface area contributed by atoms with Gasteiger partial charge in [0, 0.05) is 44.5 Å². The summed E-state index contributed by atoms with van der Waals surface area (Å²) in [7, 11) is 0. The molecule has 1 aliphatic carbocycles. The quantitative estimate of drug-likeness (QED) is 0.745. The van der Waals surface area contributed by atoms with Crippen LogP contribution >= 0.6 is 0 Å². The summed E-state index contributed by atoms with van der Waals surface area (Å²) in [6, 6.07) is 8.20. The Morgan fingerprint density at radius 2 is 1.70 bits per heavy atom. The number of aryl methyl sites for hydroxylation is 1. The average Bonchev–Trinajstić information content (AvgIpc) is 2.76. The molecule has 1 saturated heterocycles. The van der Waals surface area contributed by atoms with Crippen LogP contribution < -0.4 is 5.32 Å². The molecule has 0 unspecified atom stereocenters. The Labute approximate surface area is 181 Å². The maximum Gasteiger partial charge on any atom is 0.239 e. The van der Waals surface area contributed by atoms with Crippen molar-refractivity contribution in [1.82, 2.24) is 14.7 Å². The molecule has 1 atom stereocenters. The number of piperazine rings is 1. The van der Waals surface area contributed by atoms with Crippen LogP contribution in [0.25, 0.3) is 0 Å². The summed E-state index contributed by atoms with van der Waals surface area (Å²) in [5, 5.41) is 2.97. The maximum atomic E-state index is 13.2. The molecule has 6 nitrogen and oxygen atoms in total. The Balaban J connectivity index is 1.45. The van der Waals surface area contributed by atoms with Gasteiger partial charge in [-0.05, 0) is 45.7 Å². The van der Waals surface area contributed by atoms with E-state index in [0.717, 1.165) is 51.3 Å². The molecule has 1 heterocycles. The van der Waals surface area contributed by atoms with Crippen LogP contribution in [0.5, 0.6) is 0 Å². The average molecular weight is 415 g/mol. The second-order valence-electron chi connectivity index (χ2n) is 8.82. The molecule has 0 radical (unpaired) electrons. The molecule has 2 amide bonds. The van der Waals surface area contributed by atoms with E-state index < -0.39 is 0 Å². The molecule has 1 N–H and O–H groups in total. The van der Waals surface area contributed by atoms with Crippen LogP contribution in [0.3, 0.4) is 0 Å². The standard InChI is InChI=1S/C24H38N4O2/c1-4-28(22-8-6-5-7-9-22)24(30)20(3)27-16-14-26(15-17-27)18-23(29)25-21-12-10-19(2)11-13-21/h10-13,20,22H,4-9,14-18H2,1-3H3,(H,25,29)/t20-/m0/s1. The van der Waals surface area contributed by atoms with Crippen LogP contribution in [0.2, 0.25) is 0 Å². The molecule has 6 heteroatoms. The van der Waals surface area contributed by atoms with E-state index in [-0.39, 0.29) is 17.9 Å². The van der Waals surface area contributed by atoms with E-state index in [1.54, 1.807) is 0 Å². The van der Waals surface area contributed by atoms with E-state index in [1.807, 2.05) is 38.1 Å². The Kier molecular flexibility index (Phi) is 8.28. The van der Waals surface area contributed by atoms with Crippen molar-refractivity contribution in [3.8, 4) is 0 Å². The topological polar surface area (TPSA) is 55.9 Å². The van der Waals surface area contributed by atoms with E-state index in [9.17, 15) is 9.59 Å². The number of nitrogens with zero attached hydrogens (tertiary/aromatic N) is 3. The van der Waals surface area contributed by atoms with Gasteiger partial charge in [0.05, 0.1) is 12.6 Å². The third-order valence-electron chi connectivity index (χ3n) is 6.65. The number of nitrogens with one attached hydrogen (secondary N) is 1. The first kappa shape index (κ1) is 22.8. The Hall–Kier alpha value is -1.92. The molecular formula is C24H38N4O2. The van der Waals surface area contributed by atoms with E-state index >= 15 is 0 Å². The lowest BCUT2D eigenvalue weighted by Crippen LogP contribution is -2.56. The van der Waals surface area contributed by atoms with Crippen LogP contribution in [0.4, 0.5) is 5.69 Å². The van der Waals surface area contributed by atoms with Crippen molar-refractivity contribution in [3.05, 3.63) is 29.8 Å². The number of benzene rings is 1. The summed E-state index contributed by atoms with van der Waals surface area (Å²) in [6.45, 7) is 10.7. The number of rotatable bonds is 7. The van der Waals surface area contributed by atoms with Gasteiger partial charge in [0.1, 0.15) is 0 Å². The summed E-state index contributed by atoms with van der Waals surface area (Å²) in [4.78, 5) is 32.1. The minimum atomic E-state index is -0.0876. The number of hydrogen-bond acceptors (Lipinski definition) is 4. The highest BCUT2D eigenvalue weighted by Gasteiger charge is 2.32. The van der Waals surface area contributed by atoms with Gasteiger partial charge in [-0.15, -0.1) is 0 Å². The number of carbonyl (C=O) groups is 2. The fraction of sp³-hybridized carbons (Fsp3) is 0.667. The summed E-state index contributed by atoms with van der Waals surface area (Å²) < 4.78 is 0. The summed E-state index contributed by atoms with van der Waals surface area (Å²) in [5.41, 5.74) is 2.02. The molecule has 30 heavy (non-hydrogen) atoms. The van der Waals surface area contributed by atoms with E-state index in [2.05, 4.69) is 26.9 Å². The zero-order chi connectivity index (χ0) is 21.5. The van der Waals surface area contributed by atoms with E-state index in [4.69, 9.17) is 0 Å². The number of carbonyl (C=O) groups excluding carboxylic acids is 2. The van der Waals surface area contributed by atoms with Crippen LogP contribution in [-0.4, -0.2) is 77.9 Å². The van der Waals surface area contributed by atoms with Gasteiger partial charge < -0.3 is 10.2 Å². The highest BCUT2D eigenvalue weighted by atomic mass is 16.2. The monoisotopic (exact) mass is 414 g/mol. The minimum absolute atomic E-state index is 0.0193. The minimum Gasteiger partial charge on any atom is -0.339 e. The lowest BCUT2D eigenvalue weighted by molar-refractivity contribution is -0.140. The molecule has 0 spiro atoms. The van der Waals surface area contributed by atoms with E-state index in [1.165, 1.54) is 24.8 Å². The van der Waals surface area contributed by atoms with E-state index in [0.29, 0.717) is 12.6 Å². The number of hydrogen-bond donors (Lipinski definition) is 1. The van der Waals surface area contributed by atoms with Crippen molar-refractivity contribution in [2.75, 3.05) is 44.6 Å². The Morgan fingerprint density at radius 1 is 1.07 bits per heavy atom. The fourth-order valence-electron chi connectivity index (χ4n) is 4.73. The lowest BCUT2D eigenvalue weighted by atomic mass is 9.93. The highest BCUT2D eigenvalue weighted by Crippen LogP contribution is 2.24. The van der Waals surface area contributed by atoms with Crippen molar-refractivity contribution in [1.29, 1.82) is 0 Å². The second kappa shape index (κ2) is 10.9. The fourth-order valence-corrected chi connectivity index (χ4v) is 4.73. The molecule has 2 fully saturated rings. The van der Waals surface area contributed by atoms with Gasteiger partial charge >= 0.3 is 0 Å². The molecular weight excluding hydrogens is 376 g/mol.